The molecule has 0 aromatic heterocycles. The van der Waals surface area contributed by atoms with Gasteiger partial charge in [0.2, 0.25) is 0 Å². The van der Waals surface area contributed by atoms with Crippen molar-refractivity contribution >= 4 is 15.8 Å². The summed E-state index contributed by atoms with van der Waals surface area (Å²) < 4.78 is 0. The van der Waals surface area contributed by atoms with Crippen molar-refractivity contribution in [2.24, 2.45) is 0 Å². The molecule has 0 unspecified atom stereocenters. The van der Waals surface area contributed by atoms with Gasteiger partial charge in [-0.25, -0.2) is 0 Å². The van der Waals surface area contributed by atoms with Crippen LogP contribution in [0.5, 0.6) is 0 Å². The smallest absolute Gasteiger partial charge is 0.0109 e. The Labute approximate surface area is 97.4 Å². The van der Waals surface area contributed by atoms with Crippen molar-refractivity contribution in [2.75, 3.05) is 30.6 Å². The third-order valence-corrected chi connectivity index (χ3v) is 8.25. The quantitative estimate of drug-likeness (QED) is 0.385. The van der Waals surface area contributed by atoms with Gasteiger partial charge in [0.1, 0.15) is 0 Å². The van der Waals surface area contributed by atoms with Crippen molar-refractivity contribution in [1.82, 2.24) is 0 Å². The molecule has 0 saturated heterocycles. The fourth-order valence-corrected chi connectivity index (χ4v) is 7.26. The van der Waals surface area contributed by atoms with Crippen LogP contribution in [0.3, 0.4) is 0 Å². The lowest BCUT2D eigenvalue weighted by atomic mass is 10.7. The van der Waals surface area contributed by atoms with Gasteiger partial charge in [0.05, 0.1) is 0 Å². The summed E-state index contributed by atoms with van der Waals surface area (Å²) in [6.07, 6.45) is 12.8. The first-order valence-corrected chi connectivity index (χ1v) is 8.96. The van der Waals surface area contributed by atoms with Crippen molar-refractivity contribution in [3.05, 3.63) is 50.6 Å². The highest BCUT2D eigenvalue weighted by atomic mass is 31.2. The molecule has 2 heteroatoms. The van der Waals surface area contributed by atoms with Crippen LogP contribution < -0.4 is 0 Å². The topological polar surface area (TPSA) is 0 Å². The van der Waals surface area contributed by atoms with Crippen LogP contribution in [0.25, 0.3) is 0 Å². The van der Waals surface area contributed by atoms with E-state index in [0.717, 1.165) is 24.6 Å². The van der Waals surface area contributed by atoms with Crippen LogP contribution in [-0.2, 0) is 0 Å². The minimum absolute atomic E-state index is 0.0738. The predicted molar refractivity (Wildman–Crippen MR) is 79.0 cm³/mol. The van der Waals surface area contributed by atoms with E-state index in [-0.39, 0.29) is 15.8 Å². The summed E-state index contributed by atoms with van der Waals surface area (Å²) in [7, 11) is 0.148. The van der Waals surface area contributed by atoms with Gasteiger partial charge < -0.3 is 0 Å². The van der Waals surface area contributed by atoms with Crippen molar-refractivity contribution in [1.29, 1.82) is 0 Å². The maximum absolute atomic E-state index is 3.83. The molecule has 0 nitrogen and oxygen atoms in total. The molecule has 0 radical (unpaired) electrons. The number of hydrogen-bond donors (Lipinski definition) is 0. The molecule has 0 heterocycles. The molecule has 0 aliphatic rings. The van der Waals surface area contributed by atoms with Gasteiger partial charge in [-0.1, -0.05) is 40.1 Å². The fourth-order valence-electron chi connectivity index (χ4n) is 1.39. The maximum atomic E-state index is 3.83. The summed E-state index contributed by atoms with van der Waals surface area (Å²) in [5.74, 6) is 1.35. The zero-order valence-electron chi connectivity index (χ0n) is 9.57. The summed E-state index contributed by atoms with van der Waals surface area (Å²) >= 11 is 0. The fraction of sp³-hybridized carbons (Fsp3) is 0.385. The zero-order valence-corrected chi connectivity index (χ0v) is 11.4. The zero-order chi connectivity index (χ0) is 11.5. The highest BCUT2D eigenvalue weighted by Crippen LogP contribution is 2.50. The van der Waals surface area contributed by atoms with Gasteiger partial charge in [-0.05, 0) is 30.6 Å². The van der Waals surface area contributed by atoms with E-state index in [9.17, 15) is 0 Å². The molecule has 0 aliphatic carbocycles. The Morgan fingerprint density at radius 3 is 1.07 bits per heavy atom. The molecule has 0 saturated carbocycles. The van der Waals surface area contributed by atoms with Crippen molar-refractivity contribution in [3.63, 3.8) is 0 Å². The van der Waals surface area contributed by atoms with E-state index in [1.54, 1.807) is 0 Å². The Morgan fingerprint density at radius 2 is 0.867 bits per heavy atom. The monoisotopic (exact) mass is 240 g/mol. The van der Waals surface area contributed by atoms with Gasteiger partial charge in [0, 0.05) is 0 Å². The second-order valence-electron chi connectivity index (χ2n) is 3.37. The van der Waals surface area contributed by atoms with E-state index in [1.165, 1.54) is 5.90 Å². The Kier molecular flexibility index (Phi) is 10.2. The lowest BCUT2D eigenvalue weighted by Gasteiger charge is -2.21. The van der Waals surface area contributed by atoms with Crippen LogP contribution in [0.1, 0.15) is 0 Å². The van der Waals surface area contributed by atoms with E-state index in [2.05, 4.69) is 26.3 Å². The molecular weight excluding hydrogens is 218 g/mol. The van der Waals surface area contributed by atoms with Crippen LogP contribution in [0, 0.1) is 0 Å². The Bertz CT molecular complexity index is 167. The molecule has 0 amide bonds. The van der Waals surface area contributed by atoms with Gasteiger partial charge >= 0.3 is 0 Å². The van der Waals surface area contributed by atoms with E-state index in [0.29, 0.717) is 0 Å². The Morgan fingerprint density at radius 1 is 0.600 bits per heavy atom. The second-order valence-corrected chi connectivity index (χ2v) is 8.64. The summed E-state index contributed by atoms with van der Waals surface area (Å²) in [5.41, 5.74) is 0. The average molecular weight is 240 g/mol. The molecule has 0 aromatic carbocycles. The highest BCUT2D eigenvalue weighted by Gasteiger charge is 2.11. The van der Waals surface area contributed by atoms with E-state index < -0.39 is 0 Å². The van der Waals surface area contributed by atoms with Gasteiger partial charge in [-0.15, -0.1) is 26.3 Å². The molecule has 0 aliphatic heterocycles. The molecule has 84 valence electrons. The lowest BCUT2D eigenvalue weighted by molar-refractivity contribution is 1.60. The van der Waals surface area contributed by atoms with Crippen molar-refractivity contribution < 1.29 is 0 Å². The molecule has 0 aromatic rings. The second kappa shape index (κ2) is 10.3. The molecule has 0 fully saturated rings. The largest absolute Gasteiger partial charge is 0.103 e. The van der Waals surface area contributed by atoms with E-state index in [1.807, 2.05) is 24.3 Å². The van der Waals surface area contributed by atoms with Crippen LogP contribution in [0.4, 0.5) is 0 Å². The number of allylic oxidation sites excluding steroid dienone is 4. The average Bonchev–Trinajstić information content (AvgIpc) is 2.19. The van der Waals surface area contributed by atoms with Crippen molar-refractivity contribution in [2.45, 2.75) is 0 Å². The molecule has 0 spiro atoms. The Balaban J connectivity index is 4.15. The normalized spacial score (nSPS) is 10.3. The molecule has 0 rings (SSSR count). The lowest BCUT2D eigenvalue weighted by Crippen LogP contribution is -1.94. The van der Waals surface area contributed by atoms with E-state index >= 15 is 0 Å². The van der Waals surface area contributed by atoms with Gasteiger partial charge in [0.15, 0.2) is 0 Å². The summed E-state index contributed by atoms with van der Waals surface area (Å²) in [4.78, 5) is 0. The minimum atomic E-state index is 0.0738. The maximum Gasteiger partial charge on any atom is -0.0109 e. The number of hydrogen-bond acceptors (Lipinski definition) is 0. The van der Waals surface area contributed by atoms with Gasteiger partial charge in [-0.3, -0.25) is 0 Å². The Hall–Kier alpha value is -0.180. The first kappa shape index (κ1) is 14.8. The van der Waals surface area contributed by atoms with Crippen LogP contribution in [-0.4, -0.2) is 30.6 Å². The summed E-state index contributed by atoms with van der Waals surface area (Å²) in [6, 6.07) is 0. The third kappa shape index (κ3) is 7.71. The minimum Gasteiger partial charge on any atom is -0.103 e. The molecule has 0 bridgehead atoms. The molecule has 0 N–H and O–H groups in total. The standard InChI is InChI=1S/C13H22P2/c1-5-9-14(10-6-2)13-15(11-7-3)12-8-4/h5-8H,1-4,9-13H2. The summed E-state index contributed by atoms with van der Waals surface area (Å²) in [6.45, 7) is 15.3. The summed E-state index contributed by atoms with van der Waals surface area (Å²) in [5, 5.41) is 0. The van der Waals surface area contributed by atoms with Gasteiger partial charge in [-0.2, -0.15) is 0 Å². The third-order valence-electron chi connectivity index (χ3n) is 1.95. The molecule has 15 heavy (non-hydrogen) atoms. The van der Waals surface area contributed by atoms with Crippen LogP contribution >= 0.6 is 15.8 Å². The predicted octanol–water partition coefficient (Wildman–Crippen LogP) is 4.65. The van der Waals surface area contributed by atoms with Crippen LogP contribution in [0.2, 0.25) is 0 Å². The van der Waals surface area contributed by atoms with E-state index in [4.69, 9.17) is 0 Å². The first-order chi connectivity index (χ1) is 7.28. The van der Waals surface area contributed by atoms with Gasteiger partial charge in [0.25, 0.3) is 0 Å². The number of rotatable bonds is 10. The first-order valence-electron chi connectivity index (χ1n) is 5.16. The van der Waals surface area contributed by atoms with Crippen LogP contribution in [0.15, 0.2) is 50.6 Å². The highest BCUT2D eigenvalue weighted by molar-refractivity contribution is 7.75. The SMILES string of the molecule is C=CCP(CC=C)CP(CC=C)CC=C. The molecular formula is C13H22P2. The molecule has 0 atom stereocenters. The van der Waals surface area contributed by atoms with Crippen molar-refractivity contribution in [3.8, 4) is 0 Å².